The van der Waals surface area contributed by atoms with Crippen LogP contribution in [0.4, 0.5) is 0 Å². The summed E-state index contributed by atoms with van der Waals surface area (Å²) in [5.41, 5.74) is 6.86. The van der Waals surface area contributed by atoms with E-state index in [1.54, 1.807) is 7.11 Å². The van der Waals surface area contributed by atoms with Gasteiger partial charge in [-0.15, -0.1) is 0 Å². The highest BCUT2D eigenvalue weighted by molar-refractivity contribution is 9.10. The summed E-state index contributed by atoms with van der Waals surface area (Å²) in [6.07, 6.45) is 2.38. The number of amides is 1. The van der Waals surface area contributed by atoms with E-state index in [0.717, 1.165) is 41.7 Å². The van der Waals surface area contributed by atoms with E-state index in [4.69, 9.17) is 10.5 Å². The summed E-state index contributed by atoms with van der Waals surface area (Å²) in [6.45, 7) is 3.66. The number of methoxy groups -OCH3 is 1. The largest absolute Gasteiger partial charge is 0.496 e. The molecule has 1 aromatic rings. The first-order chi connectivity index (χ1) is 10.0. The summed E-state index contributed by atoms with van der Waals surface area (Å²) in [4.78, 5) is 14.4. The molecule has 1 aromatic carbocycles. The van der Waals surface area contributed by atoms with Crippen molar-refractivity contribution in [2.45, 2.75) is 32.2 Å². The lowest BCUT2D eigenvalue weighted by atomic mass is 9.91. The number of hydrogen-bond donors (Lipinski definition) is 1. The summed E-state index contributed by atoms with van der Waals surface area (Å²) in [5, 5.41) is 0. The highest BCUT2D eigenvalue weighted by Crippen LogP contribution is 2.25. The number of likely N-dealkylation sites (tertiary alicyclic amines) is 1. The van der Waals surface area contributed by atoms with Crippen LogP contribution in [0.2, 0.25) is 0 Å². The summed E-state index contributed by atoms with van der Waals surface area (Å²) in [5.74, 6) is 1.46. The van der Waals surface area contributed by atoms with Gasteiger partial charge >= 0.3 is 0 Å². The fourth-order valence-corrected chi connectivity index (χ4v) is 3.24. The van der Waals surface area contributed by atoms with E-state index in [1.807, 2.05) is 23.1 Å². The number of nitrogens with zero attached hydrogens (tertiary/aromatic N) is 1. The summed E-state index contributed by atoms with van der Waals surface area (Å²) < 4.78 is 6.29. The average Bonchev–Trinajstić information content (AvgIpc) is 2.47. The van der Waals surface area contributed by atoms with Gasteiger partial charge in [0, 0.05) is 29.2 Å². The number of nitrogens with two attached hydrogens (primary N) is 1. The van der Waals surface area contributed by atoms with Gasteiger partial charge in [0.1, 0.15) is 5.75 Å². The van der Waals surface area contributed by atoms with Crippen molar-refractivity contribution in [3.63, 3.8) is 0 Å². The second-order valence-electron chi connectivity index (χ2n) is 5.71. The molecule has 2 N–H and O–H groups in total. The Kier molecular flexibility index (Phi) is 5.65. The third-order valence-corrected chi connectivity index (χ3v) is 4.71. The van der Waals surface area contributed by atoms with Crippen LogP contribution in [0.3, 0.4) is 0 Å². The molecule has 0 bridgehead atoms. The first-order valence-corrected chi connectivity index (χ1v) is 8.16. The van der Waals surface area contributed by atoms with Crippen molar-refractivity contribution >= 4 is 21.8 Å². The van der Waals surface area contributed by atoms with E-state index in [0.29, 0.717) is 12.3 Å². The first kappa shape index (κ1) is 16.3. The molecule has 1 aliphatic heterocycles. The van der Waals surface area contributed by atoms with Gasteiger partial charge in [0.25, 0.3) is 0 Å². The van der Waals surface area contributed by atoms with Crippen LogP contribution in [-0.2, 0) is 11.2 Å². The quantitative estimate of drug-likeness (QED) is 0.903. The normalized spacial score (nSPS) is 17.6. The molecule has 5 heteroatoms. The Bertz CT molecular complexity index is 497. The molecule has 4 nitrogen and oxygen atoms in total. The van der Waals surface area contributed by atoms with Crippen LogP contribution < -0.4 is 10.5 Å². The number of carbonyl (C=O) groups excluding carboxylic acids is 1. The number of piperidine rings is 1. The molecule has 0 aromatic heterocycles. The zero-order valence-electron chi connectivity index (χ0n) is 12.6. The molecule has 1 unspecified atom stereocenters. The second kappa shape index (κ2) is 7.27. The lowest BCUT2D eigenvalue weighted by Gasteiger charge is -2.33. The molecule has 0 aliphatic carbocycles. The Morgan fingerprint density at radius 1 is 1.48 bits per heavy atom. The van der Waals surface area contributed by atoms with Crippen molar-refractivity contribution in [3.05, 3.63) is 28.2 Å². The monoisotopic (exact) mass is 354 g/mol. The SMILES string of the molecule is COc1ccc(Br)cc1CC(=O)N1CCC(C(C)N)CC1. The van der Waals surface area contributed by atoms with Crippen LogP contribution >= 0.6 is 15.9 Å². The highest BCUT2D eigenvalue weighted by Gasteiger charge is 2.25. The zero-order chi connectivity index (χ0) is 15.4. The van der Waals surface area contributed by atoms with Crippen molar-refractivity contribution in [2.24, 2.45) is 11.7 Å². The highest BCUT2D eigenvalue weighted by atomic mass is 79.9. The van der Waals surface area contributed by atoms with Gasteiger partial charge in [0.05, 0.1) is 13.5 Å². The van der Waals surface area contributed by atoms with Gasteiger partial charge in [-0.3, -0.25) is 4.79 Å². The van der Waals surface area contributed by atoms with Gasteiger partial charge in [-0.25, -0.2) is 0 Å². The fourth-order valence-electron chi connectivity index (χ4n) is 2.83. The predicted molar refractivity (Wildman–Crippen MR) is 87.4 cm³/mol. The molecule has 1 atom stereocenters. The van der Waals surface area contributed by atoms with Crippen molar-refractivity contribution in [2.75, 3.05) is 20.2 Å². The first-order valence-electron chi connectivity index (χ1n) is 7.37. The minimum absolute atomic E-state index is 0.162. The van der Waals surface area contributed by atoms with E-state index in [2.05, 4.69) is 22.9 Å². The second-order valence-corrected chi connectivity index (χ2v) is 6.63. The van der Waals surface area contributed by atoms with Crippen LogP contribution in [-0.4, -0.2) is 37.0 Å². The molecule has 1 fully saturated rings. The van der Waals surface area contributed by atoms with Crippen LogP contribution in [0.25, 0.3) is 0 Å². The van der Waals surface area contributed by atoms with Crippen molar-refractivity contribution in [1.82, 2.24) is 4.90 Å². The number of rotatable bonds is 4. The zero-order valence-corrected chi connectivity index (χ0v) is 14.2. The Hall–Kier alpha value is -1.07. The van der Waals surface area contributed by atoms with E-state index in [-0.39, 0.29) is 11.9 Å². The maximum Gasteiger partial charge on any atom is 0.227 e. The van der Waals surface area contributed by atoms with Crippen molar-refractivity contribution in [3.8, 4) is 5.75 Å². The molecule has 2 rings (SSSR count). The van der Waals surface area contributed by atoms with E-state index >= 15 is 0 Å². The minimum atomic E-state index is 0.162. The van der Waals surface area contributed by atoms with Gasteiger partial charge in [0.2, 0.25) is 5.91 Å². The Balaban J connectivity index is 1.98. The van der Waals surface area contributed by atoms with Gasteiger partial charge in [-0.1, -0.05) is 15.9 Å². The minimum Gasteiger partial charge on any atom is -0.496 e. The smallest absolute Gasteiger partial charge is 0.227 e. The standard InChI is InChI=1S/C16H23BrN2O2/c1-11(18)12-5-7-19(8-6-12)16(20)10-13-9-14(17)3-4-15(13)21-2/h3-4,9,11-12H,5-8,10,18H2,1-2H3. The molecule has 0 radical (unpaired) electrons. The number of halogens is 1. The molecule has 1 saturated heterocycles. The van der Waals surface area contributed by atoms with Gasteiger partial charge in [-0.2, -0.15) is 0 Å². The lowest BCUT2D eigenvalue weighted by Crippen LogP contribution is -2.43. The van der Waals surface area contributed by atoms with Crippen LogP contribution in [0, 0.1) is 5.92 Å². The van der Waals surface area contributed by atoms with Crippen LogP contribution in [0.5, 0.6) is 5.75 Å². The average molecular weight is 355 g/mol. The maximum absolute atomic E-state index is 12.4. The third kappa shape index (κ3) is 4.20. The molecule has 1 aliphatic rings. The van der Waals surface area contributed by atoms with Gasteiger partial charge in [-0.05, 0) is 43.9 Å². The van der Waals surface area contributed by atoms with Crippen molar-refractivity contribution < 1.29 is 9.53 Å². The lowest BCUT2D eigenvalue weighted by molar-refractivity contribution is -0.131. The Morgan fingerprint density at radius 2 is 2.14 bits per heavy atom. The summed E-state index contributed by atoms with van der Waals surface area (Å²) in [6, 6.07) is 5.97. The van der Waals surface area contributed by atoms with E-state index in [1.165, 1.54) is 0 Å². The number of carbonyl (C=O) groups is 1. The van der Waals surface area contributed by atoms with E-state index in [9.17, 15) is 4.79 Å². The number of benzene rings is 1. The summed E-state index contributed by atoms with van der Waals surface area (Å²) >= 11 is 3.44. The molecule has 21 heavy (non-hydrogen) atoms. The molecule has 0 saturated carbocycles. The molecule has 116 valence electrons. The number of hydrogen-bond acceptors (Lipinski definition) is 3. The van der Waals surface area contributed by atoms with Gasteiger partial charge in [0.15, 0.2) is 0 Å². The number of ether oxygens (including phenoxy) is 1. The molecule has 1 heterocycles. The molecule has 0 spiro atoms. The third-order valence-electron chi connectivity index (χ3n) is 4.22. The van der Waals surface area contributed by atoms with Crippen LogP contribution in [0.1, 0.15) is 25.3 Å². The van der Waals surface area contributed by atoms with Crippen LogP contribution in [0.15, 0.2) is 22.7 Å². The Morgan fingerprint density at radius 3 is 2.71 bits per heavy atom. The topological polar surface area (TPSA) is 55.6 Å². The van der Waals surface area contributed by atoms with Crippen molar-refractivity contribution in [1.29, 1.82) is 0 Å². The Labute approximate surface area is 134 Å². The van der Waals surface area contributed by atoms with E-state index < -0.39 is 0 Å². The molecule has 1 amide bonds. The summed E-state index contributed by atoms with van der Waals surface area (Å²) in [7, 11) is 1.63. The molecular formula is C16H23BrN2O2. The van der Waals surface area contributed by atoms with Gasteiger partial charge < -0.3 is 15.4 Å². The molecular weight excluding hydrogens is 332 g/mol. The maximum atomic E-state index is 12.4. The fraction of sp³-hybridized carbons (Fsp3) is 0.562. The predicted octanol–water partition coefficient (Wildman–Crippen LogP) is 2.59.